The average molecular weight is 456 g/mol. The van der Waals surface area contributed by atoms with Gasteiger partial charge in [0.1, 0.15) is 5.75 Å². The van der Waals surface area contributed by atoms with E-state index in [1.54, 1.807) is 18.2 Å². The van der Waals surface area contributed by atoms with Gasteiger partial charge in [0.25, 0.3) is 5.69 Å². The Balaban J connectivity index is 2.45. The summed E-state index contributed by atoms with van der Waals surface area (Å²) in [5.41, 5.74) is 0.600. The second kappa shape index (κ2) is 6.96. The molecule has 0 fully saturated rings. The Morgan fingerprint density at radius 1 is 1.24 bits per heavy atom. The van der Waals surface area contributed by atoms with Crippen LogP contribution in [0.15, 0.2) is 39.3 Å². The average Bonchev–Trinajstić information content (AvgIpc) is 2.42. The van der Waals surface area contributed by atoms with Crippen LogP contribution >= 0.6 is 55.1 Å². The van der Waals surface area contributed by atoms with Crippen molar-refractivity contribution < 1.29 is 9.66 Å². The van der Waals surface area contributed by atoms with Crippen molar-refractivity contribution in [2.75, 3.05) is 0 Å². The van der Waals surface area contributed by atoms with Gasteiger partial charge in [-0.25, -0.2) is 0 Å². The van der Waals surface area contributed by atoms with E-state index in [4.69, 9.17) is 27.9 Å². The Bertz CT molecular complexity index is 687. The molecule has 2 aromatic rings. The SMILES string of the molecule is O=[N+]([O-])c1cc(Br)c(Oc2cccc(Cl)c2CCl)c(Br)c1. The van der Waals surface area contributed by atoms with Crippen molar-refractivity contribution in [3.05, 3.63) is 60.0 Å². The molecular weight excluding hydrogens is 449 g/mol. The lowest BCUT2D eigenvalue weighted by molar-refractivity contribution is -0.385. The summed E-state index contributed by atoms with van der Waals surface area (Å²) in [6, 6.07) is 7.91. The second-order valence-electron chi connectivity index (χ2n) is 3.95. The molecule has 0 amide bonds. The first kappa shape index (κ1) is 16.5. The van der Waals surface area contributed by atoms with Crippen molar-refractivity contribution >= 4 is 60.7 Å². The zero-order valence-corrected chi connectivity index (χ0v) is 15.0. The number of nitro groups is 1. The van der Waals surface area contributed by atoms with Crippen LogP contribution in [0.4, 0.5) is 5.69 Å². The summed E-state index contributed by atoms with van der Waals surface area (Å²) in [5.74, 6) is 1.10. The summed E-state index contributed by atoms with van der Waals surface area (Å²) in [6.45, 7) is 0. The van der Waals surface area contributed by atoms with Gasteiger partial charge < -0.3 is 4.74 Å². The van der Waals surface area contributed by atoms with Gasteiger partial charge in [0.2, 0.25) is 0 Å². The Morgan fingerprint density at radius 3 is 2.38 bits per heavy atom. The van der Waals surface area contributed by atoms with E-state index in [1.807, 2.05) is 0 Å². The van der Waals surface area contributed by atoms with Crippen molar-refractivity contribution in [2.24, 2.45) is 0 Å². The van der Waals surface area contributed by atoms with Crippen LogP contribution in [0.1, 0.15) is 5.56 Å². The standard InChI is InChI=1S/C13H7Br2Cl2NO3/c14-9-4-7(18(19)20)5-10(15)13(9)21-12-3-1-2-11(17)8(12)6-16/h1-5H,6H2. The number of nitrogens with zero attached hydrogens (tertiary/aromatic N) is 1. The second-order valence-corrected chi connectivity index (χ2v) is 6.33. The van der Waals surface area contributed by atoms with Crippen LogP contribution < -0.4 is 4.74 Å². The molecule has 0 aromatic heterocycles. The largest absolute Gasteiger partial charge is 0.455 e. The normalized spacial score (nSPS) is 10.5. The van der Waals surface area contributed by atoms with Crippen LogP contribution in [0, 0.1) is 10.1 Å². The predicted molar refractivity (Wildman–Crippen MR) is 89.6 cm³/mol. The molecule has 21 heavy (non-hydrogen) atoms. The molecule has 0 aliphatic heterocycles. The fourth-order valence-corrected chi connectivity index (χ4v) is 3.52. The lowest BCUT2D eigenvalue weighted by atomic mass is 10.2. The van der Waals surface area contributed by atoms with Crippen LogP contribution in [0.2, 0.25) is 5.02 Å². The van der Waals surface area contributed by atoms with Gasteiger partial charge in [-0.1, -0.05) is 17.7 Å². The molecule has 0 aliphatic carbocycles. The highest BCUT2D eigenvalue weighted by Crippen LogP contribution is 2.41. The number of non-ortho nitro benzene ring substituents is 1. The lowest BCUT2D eigenvalue weighted by Crippen LogP contribution is -1.94. The molecule has 0 N–H and O–H groups in total. The van der Waals surface area contributed by atoms with Crippen molar-refractivity contribution in [2.45, 2.75) is 5.88 Å². The van der Waals surface area contributed by atoms with Gasteiger partial charge in [0.15, 0.2) is 5.75 Å². The highest BCUT2D eigenvalue weighted by Gasteiger charge is 2.17. The number of rotatable bonds is 4. The molecule has 4 nitrogen and oxygen atoms in total. The Morgan fingerprint density at radius 2 is 1.86 bits per heavy atom. The van der Waals surface area contributed by atoms with E-state index in [-0.39, 0.29) is 11.6 Å². The molecule has 0 unspecified atom stereocenters. The molecule has 0 radical (unpaired) electrons. The zero-order chi connectivity index (χ0) is 15.6. The van der Waals surface area contributed by atoms with Gasteiger partial charge in [-0.3, -0.25) is 10.1 Å². The van der Waals surface area contributed by atoms with E-state index < -0.39 is 4.92 Å². The third-order valence-electron chi connectivity index (χ3n) is 2.62. The monoisotopic (exact) mass is 453 g/mol. The van der Waals surface area contributed by atoms with E-state index in [9.17, 15) is 10.1 Å². The van der Waals surface area contributed by atoms with Crippen LogP contribution in [-0.4, -0.2) is 4.92 Å². The molecule has 0 aliphatic rings. The van der Waals surface area contributed by atoms with E-state index in [0.717, 1.165) is 0 Å². The minimum atomic E-state index is -0.483. The number of benzene rings is 2. The topological polar surface area (TPSA) is 52.4 Å². The summed E-state index contributed by atoms with van der Waals surface area (Å²) in [7, 11) is 0. The summed E-state index contributed by atoms with van der Waals surface area (Å²) >= 11 is 18.5. The highest BCUT2D eigenvalue weighted by molar-refractivity contribution is 9.11. The quantitative estimate of drug-likeness (QED) is 0.308. The minimum Gasteiger partial charge on any atom is -0.455 e. The molecule has 0 heterocycles. The summed E-state index contributed by atoms with van der Waals surface area (Å²) in [4.78, 5) is 10.3. The molecule has 0 saturated heterocycles. The zero-order valence-electron chi connectivity index (χ0n) is 10.3. The van der Waals surface area contributed by atoms with Crippen LogP contribution in [-0.2, 0) is 5.88 Å². The fourth-order valence-electron chi connectivity index (χ4n) is 1.62. The van der Waals surface area contributed by atoms with Gasteiger partial charge in [-0.2, -0.15) is 0 Å². The summed E-state index contributed by atoms with van der Waals surface area (Å²) in [6.07, 6.45) is 0. The molecule has 0 bridgehead atoms. The fraction of sp³-hybridized carbons (Fsp3) is 0.0769. The van der Waals surface area contributed by atoms with Crippen LogP contribution in [0.25, 0.3) is 0 Å². The van der Waals surface area contributed by atoms with Crippen molar-refractivity contribution in [1.29, 1.82) is 0 Å². The van der Waals surface area contributed by atoms with Gasteiger partial charge >= 0.3 is 0 Å². The Hall–Kier alpha value is -0.820. The first-order valence-corrected chi connectivity index (χ1v) is 8.08. The van der Waals surface area contributed by atoms with Crippen LogP contribution in [0.5, 0.6) is 11.5 Å². The summed E-state index contributed by atoms with van der Waals surface area (Å²) < 4.78 is 6.69. The molecule has 2 aromatic carbocycles. The van der Waals surface area contributed by atoms with E-state index in [1.165, 1.54) is 12.1 Å². The molecular formula is C13H7Br2Cl2NO3. The van der Waals surface area contributed by atoms with Crippen molar-refractivity contribution in [3.63, 3.8) is 0 Å². The maximum absolute atomic E-state index is 10.8. The molecule has 8 heteroatoms. The highest BCUT2D eigenvalue weighted by atomic mass is 79.9. The third-order valence-corrected chi connectivity index (χ3v) is 4.41. The number of alkyl halides is 1. The number of hydrogen-bond acceptors (Lipinski definition) is 3. The predicted octanol–water partition coefficient (Wildman–Crippen LogP) is 6.30. The Labute approximate surface area is 147 Å². The number of nitro benzene ring substituents is 1. The van der Waals surface area contributed by atoms with Crippen molar-refractivity contribution in [1.82, 2.24) is 0 Å². The smallest absolute Gasteiger partial charge is 0.271 e. The van der Waals surface area contributed by atoms with Gasteiger partial charge in [0, 0.05) is 22.7 Å². The number of halogens is 4. The molecule has 0 saturated carbocycles. The minimum absolute atomic E-state index is 0.0511. The number of ether oxygens (including phenoxy) is 1. The van der Waals surface area contributed by atoms with E-state index in [2.05, 4.69) is 31.9 Å². The van der Waals surface area contributed by atoms with E-state index in [0.29, 0.717) is 31.0 Å². The molecule has 2 rings (SSSR count). The van der Waals surface area contributed by atoms with E-state index >= 15 is 0 Å². The van der Waals surface area contributed by atoms with Gasteiger partial charge in [-0.15, -0.1) is 11.6 Å². The Kier molecular flexibility index (Phi) is 5.48. The first-order valence-electron chi connectivity index (χ1n) is 5.58. The lowest BCUT2D eigenvalue weighted by Gasteiger charge is -2.13. The molecule has 0 spiro atoms. The maximum atomic E-state index is 10.8. The first-order chi connectivity index (χ1) is 9.93. The summed E-state index contributed by atoms with van der Waals surface area (Å²) in [5, 5.41) is 11.3. The van der Waals surface area contributed by atoms with Gasteiger partial charge in [-0.05, 0) is 44.0 Å². The van der Waals surface area contributed by atoms with Crippen molar-refractivity contribution in [3.8, 4) is 11.5 Å². The maximum Gasteiger partial charge on any atom is 0.271 e. The van der Waals surface area contributed by atoms with Gasteiger partial charge in [0.05, 0.1) is 19.7 Å². The van der Waals surface area contributed by atoms with Crippen LogP contribution in [0.3, 0.4) is 0 Å². The third kappa shape index (κ3) is 3.69. The number of hydrogen-bond donors (Lipinski definition) is 0. The molecule has 0 atom stereocenters. The molecule has 110 valence electrons.